The van der Waals surface area contributed by atoms with Crippen molar-refractivity contribution in [3.8, 4) is 5.75 Å². The quantitative estimate of drug-likeness (QED) is 0.722. The van der Waals surface area contributed by atoms with Crippen LogP contribution in [0.2, 0.25) is 0 Å². The van der Waals surface area contributed by atoms with Gasteiger partial charge in [-0.1, -0.05) is 19.9 Å². The van der Waals surface area contributed by atoms with Crippen molar-refractivity contribution in [2.24, 2.45) is 11.7 Å². The van der Waals surface area contributed by atoms with Crippen molar-refractivity contribution in [3.63, 3.8) is 0 Å². The van der Waals surface area contributed by atoms with Crippen molar-refractivity contribution >= 4 is 12.6 Å². The Hall–Kier alpha value is -1.18. The second-order valence-electron chi connectivity index (χ2n) is 9.23. The Morgan fingerprint density at radius 3 is 2.19 bits per heavy atom. The smallest absolute Gasteiger partial charge is 0.491 e. The molecular formula is C20H32BF2NO3. The second-order valence-corrected chi connectivity index (χ2v) is 9.23. The number of hydrogen-bond acceptors (Lipinski definition) is 4. The van der Waals surface area contributed by atoms with Crippen LogP contribution in [0.5, 0.6) is 5.75 Å². The first-order valence-electron chi connectivity index (χ1n) is 9.43. The normalized spacial score (nSPS) is 21.0. The van der Waals surface area contributed by atoms with E-state index in [9.17, 15) is 8.78 Å². The lowest BCUT2D eigenvalue weighted by Crippen LogP contribution is -2.43. The molecule has 0 spiro atoms. The van der Waals surface area contributed by atoms with Crippen LogP contribution in [0.1, 0.15) is 66.9 Å². The van der Waals surface area contributed by atoms with Crippen LogP contribution in [0, 0.1) is 5.92 Å². The average Bonchev–Trinajstić information content (AvgIpc) is 2.72. The molecule has 2 N–H and O–H groups in total. The van der Waals surface area contributed by atoms with Crippen LogP contribution < -0.4 is 15.9 Å². The number of alkyl halides is 2. The van der Waals surface area contributed by atoms with Crippen LogP contribution in [0.4, 0.5) is 8.78 Å². The summed E-state index contributed by atoms with van der Waals surface area (Å²) >= 11 is 0. The number of hydrogen-bond donors (Lipinski definition) is 1. The molecule has 1 aromatic rings. The monoisotopic (exact) mass is 383 g/mol. The summed E-state index contributed by atoms with van der Waals surface area (Å²) in [7, 11) is -0.692. The van der Waals surface area contributed by atoms with Gasteiger partial charge in [0.15, 0.2) is 0 Å². The third kappa shape index (κ3) is 5.21. The van der Waals surface area contributed by atoms with Crippen LogP contribution in [0.15, 0.2) is 18.2 Å². The van der Waals surface area contributed by atoms with Gasteiger partial charge in [0.1, 0.15) is 12.4 Å². The first-order valence-corrected chi connectivity index (χ1v) is 9.43. The minimum absolute atomic E-state index is 0.144. The zero-order valence-electron chi connectivity index (χ0n) is 17.4. The lowest BCUT2D eigenvalue weighted by Gasteiger charge is -2.32. The summed E-state index contributed by atoms with van der Waals surface area (Å²) in [5, 5.41) is 0. The molecule has 1 atom stereocenters. The predicted octanol–water partition coefficient (Wildman–Crippen LogP) is 4.07. The fourth-order valence-corrected chi connectivity index (χ4v) is 3.23. The average molecular weight is 383 g/mol. The van der Waals surface area contributed by atoms with Crippen molar-refractivity contribution in [2.75, 3.05) is 6.61 Å². The molecule has 0 radical (unpaired) electrons. The summed E-state index contributed by atoms with van der Waals surface area (Å²) in [5.74, 6) is 0.537. The predicted molar refractivity (Wildman–Crippen MR) is 105 cm³/mol. The molecule has 0 unspecified atom stereocenters. The number of nitrogens with two attached hydrogens (primary N) is 1. The van der Waals surface area contributed by atoms with E-state index in [-0.39, 0.29) is 17.9 Å². The largest absolute Gasteiger partial charge is 0.494 e. The maximum absolute atomic E-state index is 13.6. The fourth-order valence-electron chi connectivity index (χ4n) is 3.23. The van der Waals surface area contributed by atoms with Gasteiger partial charge in [0, 0.05) is 5.54 Å². The summed E-state index contributed by atoms with van der Waals surface area (Å²) < 4.78 is 44.9. The van der Waals surface area contributed by atoms with E-state index >= 15 is 0 Å². The van der Waals surface area contributed by atoms with E-state index in [4.69, 9.17) is 19.8 Å². The van der Waals surface area contributed by atoms with Crippen molar-refractivity contribution in [1.29, 1.82) is 0 Å². The van der Waals surface area contributed by atoms with Crippen LogP contribution in [0.3, 0.4) is 0 Å². The molecule has 152 valence electrons. The molecule has 7 heteroatoms. The van der Waals surface area contributed by atoms with E-state index in [0.29, 0.717) is 11.4 Å². The third-order valence-corrected chi connectivity index (χ3v) is 5.23. The van der Waals surface area contributed by atoms with Gasteiger partial charge >= 0.3 is 7.12 Å². The zero-order chi connectivity index (χ0) is 20.6. The molecule has 1 saturated heterocycles. The molecule has 1 heterocycles. The first-order chi connectivity index (χ1) is 12.2. The van der Waals surface area contributed by atoms with Gasteiger partial charge < -0.3 is 19.8 Å². The molecular weight excluding hydrogens is 351 g/mol. The first kappa shape index (κ1) is 22.1. The number of halogens is 2. The summed E-state index contributed by atoms with van der Waals surface area (Å²) in [4.78, 5) is 0. The lowest BCUT2D eigenvalue weighted by atomic mass is 9.78. The lowest BCUT2D eigenvalue weighted by molar-refractivity contribution is 0.00578. The van der Waals surface area contributed by atoms with Crippen molar-refractivity contribution in [3.05, 3.63) is 23.8 Å². The maximum Gasteiger partial charge on any atom is 0.494 e. The molecule has 1 aromatic carbocycles. The molecule has 1 fully saturated rings. The Bertz CT molecular complexity index is 647. The van der Waals surface area contributed by atoms with E-state index in [2.05, 4.69) is 13.8 Å². The molecule has 27 heavy (non-hydrogen) atoms. The van der Waals surface area contributed by atoms with E-state index in [0.717, 1.165) is 6.42 Å². The molecule has 0 aromatic heterocycles. The van der Waals surface area contributed by atoms with Crippen molar-refractivity contribution in [2.45, 2.75) is 78.1 Å². The highest BCUT2D eigenvalue weighted by atomic mass is 19.3. The van der Waals surface area contributed by atoms with Gasteiger partial charge in [0.05, 0.1) is 16.8 Å². The Balaban J connectivity index is 2.20. The van der Waals surface area contributed by atoms with Crippen molar-refractivity contribution in [1.82, 2.24) is 0 Å². The van der Waals surface area contributed by atoms with Gasteiger partial charge in [0.2, 0.25) is 0 Å². The van der Waals surface area contributed by atoms with Gasteiger partial charge in [-0.25, -0.2) is 8.78 Å². The highest BCUT2D eigenvalue weighted by molar-refractivity contribution is 6.62. The topological polar surface area (TPSA) is 53.7 Å². The summed E-state index contributed by atoms with van der Waals surface area (Å²) in [6.45, 7) is 13.9. The SMILES string of the molecule is CC(C)C[C@@](C)(N)COc1ccc(B2OC(C)(C)C(C)(C)O2)cc1C(F)F. The van der Waals surface area contributed by atoms with Crippen LogP contribution in [-0.2, 0) is 9.31 Å². The Labute approximate surface area is 161 Å². The number of ether oxygens (including phenoxy) is 1. The van der Waals surface area contributed by atoms with Gasteiger partial charge in [0.25, 0.3) is 6.43 Å². The van der Waals surface area contributed by atoms with Crippen molar-refractivity contribution < 1.29 is 22.8 Å². The van der Waals surface area contributed by atoms with Crippen LogP contribution >= 0.6 is 0 Å². The summed E-state index contributed by atoms with van der Waals surface area (Å²) in [5.41, 5.74) is 4.95. The molecule has 0 bridgehead atoms. The van der Waals surface area contributed by atoms with Gasteiger partial charge in [-0.05, 0) is 64.6 Å². The molecule has 0 aliphatic carbocycles. The Morgan fingerprint density at radius 2 is 1.70 bits per heavy atom. The third-order valence-electron chi connectivity index (χ3n) is 5.23. The molecule has 1 aliphatic heterocycles. The van der Waals surface area contributed by atoms with E-state index in [1.165, 1.54) is 6.07 Å². The van der Waals surface area contributed by atoms with E-state index in [1.54, 1.807) is 12.1 Å². The maximum atomic E-state index is 13.6. The highest BCUT2D eigenvalue weighted by Gasteiger charge is 2.51. The minimum atomic E-state index is -2.67. The summed E-state index contributed by atoms with van der Waals surface area (Å²) in [6.07, 6.45) is -1.93. The minimum Gasteiger partial charge on any atom is -0.491 e. The fraction of sp³-hybridized carbons (Fsp3) is 0.700. The van der Waals surface area contributed by atoms with Gasteiger partial charge in [-0.2, -0.15) is 0 Å². The molecule has 0 amide bonds. The number of rotatable bonds is 7. The summed E-state index contributed by atoms with van der Waals surface area (Å²) in [6, 6.07) is 4.66. The standard InChI is InChI=1S/C20H32BF2NO3/c1-13(2)11-20(7,24)12-25-16-9-8-14(10-15(16)17(22)23)21-26-18(3,4)19(5,6)27-21/h8-10,13,17H,11-12,24H2,1-7H3/t20-/m1/s1. The van der Waals surface area contributed by atoms with Gasteiger partial charge in [-0.15, -0.1) is 0 Å². The van der Waals surface area contributed by atoms with Gasteiger partial charge in [-0.3, -0.25) is 0 Å². The molecule has 0 saturated carbocycles. The molecule has 4 nitrogen and oxygen atoms in total. The molecule has 1 aliphatic rings. The van der Waals surface area contributed by atoms with Crippen LogP contribution in [-0.4, -0.2) is 30.5 Å². The van der Waals surface area contributed by atoms with E-state index in [1.807, 2.05) is 34.6 Å². The second kappa shape index (κ2) is 7.68. The Kier molecular flexibility index (Phi) is 6.29. The highest BCUT2D eigenvalue weighted by Crippen LogP contribution is 2.37. The number of benzene rings is 1. The van der Waals surface area contributed by atoms with Crippen LogP contribution in [0.25, 0.3) is 0 Å². The molecule has 2 rings (SSSR count). The zero-order valence-corrected chi connectivity index (χ0v) is 17.4. The Morgan fingerprint density at radius 1 is 1.15 bits per heavy atom. The van der Waals surface area contributed by atoms with E-state index < -0.39 is 30.3 Å².